The molecule has 2 aliphatic heterocycles. The molecule has 0 aliphatic carbocycles. The van der Waals surface area contributed by atoms with Gasteiger partial charge in [-0.2, -0.15) is 0 Å². The number of amides is 4. The lowest BCUT2D eigenvalue weighted by molar-refractivity contribution is -0.384. The number of hydrogen-bond acceptors (Lipinski definition) is 6. The minimum absolute atomic E-state index is 0.0923. The van der Waals surface area contributed by atoms with Crippen LogP contribution in [0.25, 0.3) is 0 Å². The number of nitro groups is 1. The Kier molecular flexibility index (Phi) is 5.63. The summed E-state index contributed by atoms with van der Waals surface area (Å²) in [6.07, 6.45) is 1.50. The molecule has 166 valence electrons. The lowest BCUT2D eigenvalue weighted by atomic mass is 9.95. The van der Waals surface area contributed by atoms with E-state index >= 15 is 0 Å². The fraction of sp³-hybridized carbons (Fsp3) is 0.286. The number of carbonyl (C=O) groups is 3. The third-order valence-corrected chi connectivity index (χ3v) is 5.40. The molecule has 0 spiro atoms. The minimum atomic E-state index is -0.844. The number of benzene rings is 1. The van der Waals surface area contributed by atoms with Gasteiger partial charge in [-0.25, -0.2) is 4.79 Å². The van der Waals surface area contributed by atoms with E-state index < -0.39 is 22.9 Å². The summed E-state index contributed by atoms with van der Waals surface area (Å²) in [6, 6.07) is 7.99. The van der Waals surface area contributed by atoms with E-state index in [0.29, 0.717) is 29.1 Å². The standard InChI is InChI=1S/C21H21N5O6/c1-2-25-16-11-24(12-17(27)22-10-15-7-4-8-32-15)20(28)18(16)19(23-21(25)29)13-5-3-6-14(9-13)26(30)31/h3-9,19H,2,10-12H2,1H3,(H,22,27)(H,23,29). The van der Waals surface area contributed by atoms with Gasteiger partial charge in [-0.05, 0) is 24.6 Å². The number of urea groups is 1. The molecule has 0 fully saturated rings. The fourth-order valence-corrected chi connectivity index (χ4v) is 3.91. The van der Waals surface area contributed by atoms with E-state index in [1.54, 1.807) is 25.1 Å². The van der Waals surface area contributed by atoms with Gasteiger partial charge < -0.3 is 20.0 Å². The summed E-state index contributed by atoms with van der Waals surface area (Å²) < 4.78 is 5.18. The van der Waals surface area contributed by atoms with Crippen LogP contribution in [-0.4, -0.2) is 52.2 Å². The van der Waals surface area contributed by atoms with E-state index in [1.807, 2.05) is 0 Å². The van der Waals surface area contributed by atoms with E-state index in [2.05, 4.69) is 10.6 Å². The van der Waals surface area contributed by atoms with Gasteiger partial charge in [0.25, 0.3) is 11.6 Å². The molecule has 4 amide bonds. The molecule has 0 bridgehead atoms. The molecule has 4 rings (SSSR count). The molecule has 11 nitrogen and oxygen atoms in total. The first kappa shape index (κ1) is 21.1. The van der Waals surface area contributed by atoms with Gasteiger partial charge in [0, 0.05) is 18.7 Å². The van der Waals surface area contributed by atoms with Crippen molar-refractivity contribution in [1.82, 2.24) is 20.4 Å². The van der Waals surface area contributed by atoms with Gasteiger partial charge in [0.05, 0.1) is 41.6 Å². The maximum atomic E-state index is 13.2. The summed E-state index contributed by atoms with van der Waals surface area (Å²) in [7, 11) is 0. The average molecular weight is 439 g/mol. The Morgan fingerprint density at radius 3 is 2.81 bits per heavy atom. The van der Waals surface area contributed by atoms with Crippen molar-refractivity contribution in [3.05, 3.63) is 75.4 Å². The molecule has 11 heteroatoms. The minimum Gasteiger partial charge on any atom is -0.467 e. The second-order valence-corrected chi connectivity index (χ2v) is 7.36. The summed E-state index contributed by atoms with van der Waals surface area (Å²) >= 11 is 0. The van der Waals surface area contributed by atoms with Gasteiger partial charge in [-0.1, -0.05) is 12.1 Å². The highest BCUT2D eigenvalue weighted by molar-refractivity contribution is 6.03. The summed E-state index contributed by atoms with van der Waals surface area (Å²) in [5.74, 6) is -0.187. The maximum Gasteiger partial charge on any atom is 0.322 e. The Hall–Kier alpha value is -4.15. The first-order valence-corrected chi connectivity index (χ1v) is 10.0. The molecule has 32 heavy (non-hydrogen) atoms. The van der Waals surface area contributed by atoms with Crippen LogP contribution in [0.5, 0.6) is 0 Å². The number of carbonyl (C=O) groups excluding carboxylic acids is 3. The van der Waals surface area contributed by atoms with E-state index in [4.69, 9.17) is 4.42 Å². The smallest absolute Gasteiger partial charge is 0.322 e. The van der Waals surface area contributed by atoms with Crippen LogP contribution in [0.15, 0.2) is 58.3 Å². The highest BCUT2D eigenvalue weighted by atomic mass is 16.6. The van der Waals surface area contributed by atoms with Crippen LogP contribution in [-0.2, 0) is 16.1 Å². The maximum absolute atomic E-state index is 13.2. The number of nitrogens with zero attached hydrogens (tertiary/aromatic N) is 3. The van der Waals surface area contributed by atoms with E-state index in [-0.39, 0.29) is 31.2 Å². The normalized spacial score (nSPS) is 18.0. The zero-order chi connectivity index (χ0) is 22.8. The summed E-state index contributed by atoms with van der Waals surface area (Å²) in [6.45, 7) is 2.20. The third-order valence-electron chi connectivity index (χ3n) is 5.40. The van der Waals surface area contributed by atoms with Crippen LogP contribution < -0.4 is 10.6 Å². The Morgan fingerprint density at radius 1 is 1.31 bits per heavy atom. The van der Waals surface area contributed by atoms with Crippen LogP contribution in [0.3, 0.4) is 0 Å². The van der Waals surface area contributed by atoms with Crippen molar-refractivity contribution in [3.8, 4) is 0 Å². The lowest BCUT2D eigenvalue weighted by Crippen LogP contribution is -2.47. The van der Waals surface area contributed by atoms with Crippen LogP contribution >= 0.6 is 0 Å². The van der Waals surface area contributed by atoms with Crippen molar-refractivity contribution in [3.63, 3.8) is 0 Å². The largest absolute Gasteiger partial charge is 0.467 e. The average Bonchev–Trinajstić information content (AvgIpc) is 3.40. The second kappa shape index (κ2) is 8.53. The van der Waals surface area contributed by atoms with Gasteiger partial charge in [0.2, 0.25) is 5.91 Å². The van der Waals surface area contributed by atoms with Crippen LogP contribution in [0.2, 0.25) is 0 Å². The predicted molar refractivity (Wildman–Crippen MR) is 111 cm³/mol. The molecular weight excluding hydrogens is 418 g/mol. The van der Waals surface area contributed by atoms with Gasteiger partial charge in [0.1, 0.15) is 12.3 Å². The first-order chi connectivity index (χ1) is 15.4. The molecule has 1 unspecified atom stereocenters. The van der Waals surface area contributed by atoms with Crippen molar-refractivity contribution in [2.45, 2.75) is 19.5 Å². The van der Waals surface area contributed by atoms with Gasteiger partial charge in [0.15, 0.2) is 0 Å². The second-order valence-electron chi connectivity index (χ2n) is 7.36. The van der Waals surface area contributed by atoms with Gasteiger partial charge in [-0.15, -0.1) is 0 Å². The van der Waals surface area contributed by atoms with Crippen LogP contribution in [0.4, 0.5) is 10.5 Å². The van der Waals surface area contributed by atoms with E-state index in [0.717, 1.165) is 0 Å². The Labute approximate surface area is 182 Å². The molecule has 0 saturated carbocycles. The number of non-ortho nitro benzene ring substituents is 1. The van der Waals surface area contributed by atoms with Gasteiger partial charge >= 0.3 is 6.03 Å². The third kappa shape index (κ3) is 3.92. The first-order valence-electron chi connectivity index (χ1n) is 10.0. The molecule has 2 aliphatic rings. The van der Waals surface area contributed by atoms with E-state index in [1.165, 1.54) is 34.3 Å². The monoisotopic (exact) mass is 439 g/mol. The summed E-state index contributed by atoms with van der Waals surface area (Å²) in [5, 5.41) is 16.6. The van der Waals surface area contributed by atoms with Crippen molar-refractivity contribution in [2.24, 2.45) is 0 Å². The van der Waals surface area contributed by atoms with Crippen LogP contribution in [0.1, 0.15) is 24.3 Å². The Balaban J connectivity index is 1.57. The zero-order valence-corrected chi connectivity index (χ0v) is 17.2. The van der Waals surface area contributed by atoms with Gasteiger partial charge in [-0.3, -0.25) is 24.6 Å². The Morgan fingerprint density at radius 2 is 2.12 bits per heavy atom. The molecule has 3 heterocycles. The number of nitro benzene ring substituents is 1. The topological polar surface area (TPSA) is 138 Å². The predicted octanol–water partition coefficient (Wildman–Crippen LogP) is 1.69. The molecule has 1 aromatic carbocycles. The van der Waals surface area contributed by atoms with Crippen molar-refractivity contribution in [1.29, 1.82) is 0 Å². The van der Waals surface area contributed by atoms with Crippen molar-refractivity contribution in [2.75, 3.05) is 19.6 Å². The lowest BCUT2D eigenvalue weighted by Gasteiger charge is -2.32. The molecular formula is C21H21N5O6. The summed E-state index contributed by atoms with van der Waals surface area (Å²) in [4.78, 5) is 51.8. The molecule has 1 atom stereocenters. The molecule has 1 aromatic heterocycles. The highest BCUT2D eigenvalue weighted by Gasteiger charge is 2.44. The molecule has 2 aromatic rings. The zero-order valence-electron chi connectivity index (χ0n) is 17.2. The van der Waals surface area contributed by atoms with Crippen molar-refractivity contribution >= 4 is 23.5 Å². The SMILES string of the molecule is CCN1C(=O)NC(c2cccc([N+](=O)[O-])c2)C2=C1CN(CC(=O)NCc1ccco1)C2=O. The number of furan rings is 1. The number of hydrogen-bond donors (Lipinski definition) is 2. The quantitative estimate of drug-likeness (QED) is 0.497. The fourth-order valence-electron chi connectivity index (χ4n) is 3.91. The molecule has 0 saturated heterocycles. The Bertz CT molecular complexity index is 1110. The van der Waals surface area contributed by atoms with Crippen LogP contribution in [0, 0.1) is 10.1 Å². The highest BCUT2D eigenvalue weighted by Crippen LogP contribution is 2.36. The molecule has 2 N–H and O–H groups in total. The number of likely N-dealkylation sites (N-methyl/N-ethyl adjacent to an activating group) is 1. The number of rotatable bonds is 7. The van der Waals surface area contributed by atoms with Crippen molar-refractivity contribution < 1.29 is 23.7 Å². The summed E-state index contributed by atoms with van der Waals surface area (Å²) in [5.41, 5.74) is 1.09. The molecule has 0 radical (unpaired) electrons. The number of nitrogens with one attached hydrogen (secondary N) is 2. The van der Waals surface area contributed by atoms with E-state index in [9.17, 15) is 24.5 Å².